The Kier molecular flexibility index (Phi) is 3.69. The van der Waals surface area contributed by atoms with Crippen molar-refractivity contribution >= 4 is 17.7 Å². The van der Waals surface area contributed by atoms with Crippen molar-refractivity contribution < 1.29 is 9.90 Å². The van der Waals surface area contributed by atoms with Crippen molar-refractivity contribution in [3.8, 4) is 0 Å². The van der Waals surface area contributed by atoms with Crippen LogP contribution >= 0.6 is 11.8 Å². The van der Waals surface area contributed by atoms with E-state index in [4.69, 9.17) is 0 Å². The summed E-state index contributed by atoms with van der Waals surface area (Å²) in [5, 5.41) is 12.9. The number of thioether (sulfide) groups is 1. The Labute approximate surface area is 105 Å². The summed E-state index contributed by atoms with van der Waals surface area (Å²) >= 11 is 1.72. The van der Waals surface area contributed by atoms with Crippen LogP contribution in [0.1, 0.15) is 22.5 Å². The first kappa shape index (κ1) is 12.4. The second-order valence-electron chi connectivity index (χ2n) is 4.35. The number of nitrogens with one attached hydrogen (secondary N) is 1. The highest BCUT2D eigenvalue weighted by Crippen LogP contribution is 2.27. The van der Waals surface area contributed by atoms with E-state index in [0.717, 1.165) is 12.2 Å². The fourth-order valence-corrected chi connectivity index (χ4v) is 3.10. The van der Waals surface area contributed by atoms with E-state index in [0.29, 0.717) is 23.6 Å². The molecule has 0 bridgehead atoms. The Bertz CT molecular complexity index is 417. The van der Waals surface area contributed by atoms with Gasteiger partial charge in [0.15, 0.2) is 0 Å². The number of rotatable bonds is 3. The molecule has 1 unspecified atom stereocenters. The first-order valence-electron chi connectivity index (χ1n) is 5.61. The molecule has 1 saturated heterocycles. The zero-order valence-electron chi connectivity index (χ0n) is 9.77. The van der Waals surface area contributed by atoms with Gasteiger partial charge in [-0.25, -0.2) is 0 Å². The lowest BCUT2D eigenvalue weighted by Gasteiger charge is -2.21. The molecule has 1 aliphatic rings. The highest BCUT2D eigenvalue weighted by Gasteiger charge is 2.32. The molecule has 1 fully saturated rings. The van der Waals surface area contributed by atoms with Gasteiger partial charge in [0.05, 0.1) is 11.2 Å². The van der Waals surface area contributed by atoms with Gasteiger partial charge in [0.2, 0.25) is 0 Å². The van der Waals surface area contributed by atoms with Gasteiger partial charge in [-0.15, -0.1) is 0 Å². The molecule has 2 N–H and O–H groups in total. The second kappa shape index (κ2) is 5.06. The molecule has 5 heteroatoms. The first-order valence-corrected chi connectivity index (χ1v) is 6.76. The molecule has 4 nitrogen and oxygen atoms in total. The van der Waals surface area contributed by atoms with Crippen molar-refractivity contribution in [1.29, 1.82) is 0 Å². The maximum Gasteiger partial charge on any atom is 0.253 e. The van der Waals surface area contributed by atoms with E-state index in [1.807, 2.05) is 0 Å². The first-order chi connectivity index (χ1) is 8.11. The third-order valence-corrected chi connectivity index (χ3v) is 4.15. The van der Waals surface area contributed by atoms with Gasteiger partial charge < -0.3 is 10.4 Å². The molecular weight excluding hydrogens is 236 g/mol. The minimum absolute atomic E-state index is 0.166. The number of carbonyl (C=O) groups is 1. The van der Waals surface area contributed by atoms with E-state index in [1.54, 1.807) is 37.0 Å². The van der Waals surface area contributed by atoms with Crippen molar-refractivity contribution in [3.63, 3.8) is 0 Å². The lowest BCUT2D eigenvalue weighted by molar-refractivity contribution is 0.0612. The molecule has 1 atom stereocenters. The summed E-state index contributed by atoms with van der Waals surface area (Å²) in [6, 6.07) is 3.48. The Morgan fingerprint density at radius 1 is 1.71 bits per heavy atom. The van der Waals surface area contributed by atoms with Gasteiger partial charge in [0.1, 0.15) is 0 Å². The predicted molar refractivity (Wildman–Crippen MR) is 68.2 cm³/mol. The van der Waals surface area contributed by atoms with Gasteiger partial charge in [-0.05, 0) is 31.2 Å². The number of amides is 1. The Hall–Kier alpha value is -1.07. The number of pyridine rings is 1. The molecule has 0 spiro atoms. The average molecular weight is 252 g/mol. The molecule has 17 heavy (non-hydrogen) atoms. The quantitative estimate of drug-likeness (QED) is 0.842. The van der Waals surface area contributed by atoms with Crippen LogP contribution in [-0.4, -0.2) is 39.6 Å². The molecule has 1 aromatic rings. The minimum Gasteiger partial charge on any atom is -0.387 e. The van der Waals surface area contributed by atoms with E-state index in [2.05, 4.69) is 10.3 Å². The minimum atomic E-state index is -0.740. The molecule has 92 valence electrons. The van der Waals surface area contributed by atoms with E-state index in [1.165, 1.54) is 0 Å². The van der Waals surface area contributed by atoms with Crippen molar-refractivity contribution in [2.45, 2.75) is 18.9 Å². The van der Waals surface area contributed by atoms with Crippen LogP contribution < -0.4 is 5.32 Å². The number of aromatic nitrogens is 1. The normalized spacial score (nSPS) is 23.6. The SMILES string of the molecule is Cc1ncccc1C(=O)NCC1(O)CCSC1. The molecule has 2 rings (SSSR count). The van der Waals surface area contributed by atoms with Gasteiger partial charge in [-0.2, -0.15) is 11.8 Å². The Morgan fingerprint density at radius 3 is 3.18 bits per heavy atom. The average Bonchev–Trinajstić information content (AvgIpc) is 2.74. The largest absolute Gasteiger partial charge is 0.387 e. The van der Waals surface area contributed by atoms with Crippen molar-refractivity contribution in [2.75, 3.05) is 18.1 Å². The van der Waals surface area contributed by atoms with Crippen LogP contribution in [0.5, 0.6) is 0 Å². The Morgan fingerprint density at radius 2 is 2.53 bits per heavy atom. The zero-order valence-corrected chi connectivity index (χ0v) is 10.6. The highest BCUT2D eigenvalue weighted by atomic mass is 32.2. The summed E-state index contributed by atoms with van der Waals surface area (Å²) in [5.41, 5.74) is 0.538. The fraction of sp³-hybridized carbons (Fsp3) is 0.500. The van der Waals surface area contributed by atoms with Gasteiger partial charge in [0, 0.05) is 24.2 Å². The van der Waals surface area contributed by atoms with Crippen LogP contribution in [0.2, 0.25) is 0 Å². The van der Waals surface area contributed by atoms with Gasteiger partial charge >= 0.3 is 0 Å². The zero-order chi connectivity index (χ0) is 12.3. The van der Waals surface area contributed by atoms with Crippen molar-refractivity contribution in [1.82, 2.24) is 10.3 Å². The van der Waals surface area contributed by atoms with Crippen LogP contribution in [0.15, 0.2) is 18.3 Å². The second-order valence-corrected chi connectivity index (χ2v) is 5.45. The van der Waals surface area contributed by atoms with Crippen LogP contribution in [-0.2, 0) is 0 Å². The molecule has 0 aromatic carbocycles. The maximum atomic E-state index is 11.9. The third kappa shape index (κ3) is 2.98. The smallest absolute Gasteiger partial charge is 0.253 e. The Balaban J connectivity index is 1.96. The molecule has 0 radical (unpaired) electrons. The number of aryl methyl sites for hydroxylation is 1. The topological polar surface area (TPSA) is 62.2 Å². The van der Waals surface area contributed by atoms with Crippen molar-refractivity contribution in [3.05, 3.63) is 29.6 Å². The van der Waals surface area contributed by atoms with Crippen molar-refractivity contribution in [2.24, 2.45) is 0 Å². The van der Waals surface area contributed by atoms with E-state index < -0.39 is 5.60 Å². The molecule has 1 amide bonds. The van der Waals surface area contributed by atoms with Crippen LogP contribution in [0.4, 0.5) is 0 Å². The lowest BCUT2D eigenvalue weighted by Crippen LogP contribution is -2.43. The summed E-state index contributed by atoms with van der Waals surface area (Å²) in [5.74, 6) is 1.48. The molecule has 2 heterocycles. The number of nitrogens with zero attached hydrogens (tertiary/aromatic N) is 1. The third-order valence-electron chi connectivity index (χ3n) is 2.91. The molecule has 0 saturated carbocycles. The molecular formula is C12H16N2O2S. The summed E-state index contributed by atoms with van der Waals surface area (Å²) < 4.78 is 0. The summed E-state index contributed by atoms with van der Waals surface area (Å²) in [7, 11) is 0. The van der Waals surface area contributed by atoms with Gasteiger partial charge in [0.25, 0.3) is 5.91 Å². The monoisotopic (exact) mass is 252 g/mol. The molecule has 0 aliphatic carbocycles. The van der Waals surface area contributed by atoms with Crippen LogP contribution in [0, 0.1) is 6.92 Å². The summed E-state index contributed by atoms with van der Waals surface area (Å²) in [6.07, 6.45) is 2.40. The lowest BCUT2D eigenvalue weighted by atomic mass is 10.0. The predicted octanol–water partition coefficient (Wildman–Crippen LogP) is 0.988. The molecule has 1 aromatic heterocycles. The van der Waals surface area contributed by atoms with Crippen LogP contribution in [0.25, 0.3) is 0 Å². The fourth-order valence-electron chi connectivity index (χ4n) is 1.80. The van der Waals surface area contributed by atoms with Crippen LogP contribution in [0.3, 0.4) is 0 Å². The highest BCUT2D eigenvalue weighted by molar-refractivity contribution is 7.99. The summed E-state index contributed by atoms with van der Waals surface area (Å²) in [4.78, 5) is 16.0. The van der Waals surface area contributed by atoms with Gasteiger partial charge in [-0.3, -0.25) is 9.78 Å². The standard InChI is InChI=1S/C12H16N2O2S/c1-9-10(3-2-5-13-9)11(15)14-7-12(16)4-6-17-8-12/h2-3,5,16H,4,6-8H2,1H3,(H,14,15). The summed E-state index contributed by atoms with van der Waals surface area (Å²) in [6.45, 7) is 2.11. The number of aliphatic hydroxyl groups is 1. The van der Waals surface area contributed by atoms with E-state index >= 15 is 0 Å². The van der Waals surface area contributed by atoms with Gasteiger partial charge in [-0.1, -0.05) is 0 Å². The van der Waals surface area contributed by atoms with E-state index in [-0.39, 0.29) is 5.91 Å². The number of hydrogen-bond acceptors (Lipinski definition) is 4. The maximum absolute atomic E-state index is 11.9. The number of hydrogen-bond donors (Lipinski definition) is 2. The van der Waals surface area contributed by atoms with E-state index in [9.17, 15) is 9.90 Å². The molecule has 1 aliphatic heterocycles. The number of carbonyl (C=O) groups excluding carboxylic acids is 1.